The Kier molecular flexibility index (Phi) is 7.38. The van der Waals surface area contributed by atoms with E-state index in [-0.39, 0.29) is 29.6 Å². The molecule has 0 bridgehead atoms. The fourth-order valence-corrected chi connectivity index (χ4v) is 5.91. The molecule has 4 aromatic rings. The van der Waals surface area contributed by atoms with Crippen LogP contribution in [0.25, 0.3) is 11.1 Å². The Balaban J connectivity index is 1.28. The van der Waals surface area contributed by atoms with Gasteiger partial charge in [0.15, 0.2) is 0 Å². The van der Waals surface area contributed by atoms with Crippen molar-refractivity contribution in [3.8, 4) is 11.1 Å². The quantitative estimate of drug-likeness (QED) is 0.300. The number of hydrogen-bond acceptors (Lipinski definition) is 4. The minimum absolute atomic E-state index is 0.00647. The Bertz CT molecular complexity index is 1600. The number of esters is 1. The molecule has 6 rings (SSSR count). The molecular formula is C35H32N2O4. The third-order valence-electron chi connectivity index (χ3n) is 8.22. The van der Waals surface area contributed by atoms with Crippen LogP contribution in [-0.4, -0.2) is 36.3 Å². The van der Waals surface area contributed by atoms with Crippen molar-refractivity contribution in [2.24, 2.45) is 5.92 Å². The van der Waals surface area contributed by atoms with Gasteiger partial charge in [0.05, 0.1) is 12.7 Å². The van der Waals surface area contributed by atoms with Gasteiger partial charge in [0, 0.05) is 31.1 Å². The van der Waals surface area contributed by atoms with Gasteiger partial charge in [-0.1, -0.05) is 72.8 Å². The van der Waals surface area contributed by atoms with Crippen LogP contribution in [0, 0.1) is 5.92 Å². The largest absolute Gasteiger partial charge is 0.465 e. The molecule has 2 amide bonds. The molecule has 0 spiro atoms. The number of nitrogens with zero attached hydrogens (tertiary/aromatic N) is 1. The summed E-state index contributed by atoms with van der Waals surface area (Å²) in [5, 5.41) is 3.17. The van der Waals surface area contributed by atoms with E-state index >= 15 is 0 Å². The zero-order chi connectivity index (χ0) is 28.3. The van der Waals surface area contributed by atoms with Gasteiger partial charge in [-0.15, -0.1) is 0 Å². The number of benzene rings is 4. The lowest BCUT2D eigenvalue weighted by Crippen LogP contribution is -2.37. The van der Waals surface area contributed by atoms with Crippen LogP contribution in [0.3, 0.4) is 0 Å². The Hall–Kier alpha value is -4.71. The van der Waals surface area contributed by atoms with Crippen molar-refractivity contribution >= 4 is 17.8 Å². The minimum atomic E-state index is -0.381. The molecule has 41 heavy (non-hydrogen) atoms. The highest BCUT2D eigenvalue weighted by Crippen LogP contribution is 2.47. The van der Waals surface area contributed by atoms with Crippen LogP contribution in [0.5, 0.6) is 0 Å². The normalized spacial score (nSPS) is 17.3. The van der Waals surface area contributed by atoms with Crippen molar-refractivity contribution in [1.82, 2.24) is 10.2 Å². The third-order valence-corrected chi connectivity index (χ3v) is 8.22. The van der Waals surface area contributed by atoms with Crippen molar-refractivity contribution < 1.29 is 19.1 Å². The summed E-state index contributed by atoms with van der Waals surface area (Å²) in [5.41, 5.74) is 7.51. The molecule has 1 aliphatic heterocycles. The third kappa shape index (κ3) is 5.50. The molecule has 0 aromatic heterocycles. The van der Waals surface area contributed by atoms with Crippen LogP contribution in [0.4, 0.5) is 0 Å². The molecule has 1 N–H and O–H groups in total. The summed E-state index contributed by atoms with van der Waals surface area (Å²) in [7, 11) is 1.38. The molecule has 2 aliphatic rings. The topological polar surface area (TPSA) is 75.7 Å². The number of nitrogens with one attached hydrogen (secondary N) is 1. The summed E-state index contributed by atoms with van der Waals surface area (Å²) in [6, 6.07) is 31.1. The van der Waals surface area contributed by atoms with Gasteiger partial charge in [-0.3, -0.25) is 9.59 Å². The van der Waals surface area contributed by atoms with Crippen molar-refractivity contribution in [3.63, 3.8) is 0 Å². The maximum Gasteiger partial charge on any atom is 0.337 e. The first-order valence-electron chi connectivity index (χ1n) is 14.0. The first-order valence-corrected chi connectivity index (χ1v) is 14.0. The summed E-state index contributed by atoms with van der Waals surface area (Å²) in [6.45, 7) is 1.44. The number of methoxy groups -OCH3 is 1. The fraction of sp³-hybridized carbons (Fsp3) is 0.229. The minimum Gasteiger partial charge on any atom is -0.465 e. The van der Waals surface area contributed by atoms with Gasteiger partial charge in [0.25, 0.3) is 5.91 Å². The smallest absolute Gasteiger partial charge is 0.337 e. The molecule has 1 fully saturated rings. The van der Waals surface area contributed by atoms with E-state index in [4.69, 9.17) is 4.74 Å². The lowest BCUT2D eigenvalue weighted by atomic mass is 9.87. The van der Waals surface area contributed by atoms with Gasteiger partial charge in [-0.25, -0.2) is 4.79 Å². The Labute approximate surface area is 240 Å². The molecule has 2 atom stereocenters. The highest BCUT2D eigenvalue weighted by atomic mass is 16.5. The number of hydrogen-bond donors (Lipinski definition) is 1. The number of carbonyl (C=O) groups excluding carboxylic acids is 3. The van der Waals surface area contributed by atoms with Gasteiger partial charge in [-0.05, 0) is 76.4 Å². The van der Waals surface area contributed by atoms with Gasteiger partial charge < -0.3 is 15.0 Å². The van der Waals surface area contributed by atoms with E-state index in [9.17, 15) is 14.4 Å². The zero-order valence-corrected chi connectivity index (χ0v) is 23.0. The lowest BCUT2D eigenvalue weighted by molar-refractivity contribution is -0.122. The van der Waals surface area contributed by atoms with Crippen LogP contribution in [0.2, 0.25) is 0 Å². The first-order chi connectivity index (χ1) is 20.0. The lowest BCUT2D eigenvalue weighted by Gasteiger charge is -2.32. The molecule has 1 heterocycles. The van der Waals surface area contributed by atoms with Crippen LogP contribution >= 0.6 is 0 Å². The first kappa shape index (κ1) is 26.5. The molecule has 4 aromatic carbocycles. The van der Waals surface area contributed by atoms with Gasteiger partial charge in [0.2, 0.25) is 5.91 Å². The van der Waals surface area contributed by atoms with Gasteiger partial charge in [-0.2, -0.15) is 0 Å². The van der Waals surface area contributed by atoms with E-state index in [0.29, 0.717) is 37.2 Å². The predicted molar refractivity (Wildman–Crippen MR) is 157 cm³/mol. The number of ether oxygens (including phenoxy) is 1. The molecule has 1 saturated carbocycles. The molecule has 6 nitrogen and oxygen atoms in total. The highest BCUT2D eigenvalue weighted by Gasteiger charge is 2.43. The van der Waals surface area contributed by atoms with Crippen LogP contribution < -0.4 is 5.32 Å². The number of amides is 2. The monoisotopic (exact) mass is 544 g/mol. The molecular weight excluding hydrogens is 512 g/mol. The maximum atomic E-state index is 13.4. The molecule has 206 valence electrons. The second-order valence-corrected chi connectivity index (χ2v) is 10.7. The number of rotatable bonds is 7. The summed E-state index contributed by atoms with van der Waals surface area (Å²) in [6.07, 6.45) is 1.54. The zero-order valence-electron chi connectivity index (χ0n) is 23.0. The summed E-state index contributed by atoms with van der Waals surface area (Å²) in [4.78, 5) is 40.5. The van der Waals surface area contributed by atoms with Crippen molar-refractivity contribution in [2.45, 2.75) is 31.8 Å². The van der Waals surface area contributed by atoms with Crippen molar-refractivity contribution in [2.75, 3.05) is 13.7 Å². The van der Waals surface area contributed by atoms with E-state index in [0.717, 1.165) is 34.2 Å². The van der Waals surface area contributed by atoms with Gasteiger partial charge >= 0.3 is 5.97 Å². The van der Waals surface area contributed by atoms with Crippen LogP contribution in [-0.2, 0) is 29.0 Å². The molecule has 6 heteroatoms. The average molecular weight is 545 g/mol. The van der Waals surface area contributed by atoms with E-state index < -0.39 is 0 Å². The molecule has 1 aliphatic carbocycles. The summed E-state index contributed by atoms with van der Waals surface area (Å²) in [5.74, 6) is -0.0599. The standard InChI is InChI=1S/C35H32N2O4/c1-41-35(40)26-14-8-13-25(19-26)28-16-15-27(21-36-33(38)31-20-30(31)23-9-4-2-5-10-23)32-22-37(18-17-29(28)32)34(39)24-11-6-3-7-12-24/h2-16,19,30-31H,17-18,20-22H2,1H3,(H,36,38). The Morgan fingerprint density at radius 3 is 2.34 bits per heavy atom. The van der Waals surface area contributed by atoms with E-state index in [1.165, 1.54) is 12.7 Å². The maximum absolute atomic E-state index is 13.4. The number of fused-ring (bicyclic) bond motifs is 1. The van der Waals surface area contributed by atoms with Gasteiger partial charge in [0.1, 0.15) is 0 Å². The Morgan fingerprint density at radius 1 is 0.854 bits per heavy atom. The Morgan fingerprint density at radius 2 is 1.59 bits per heavy atom. The van der Waals surface area contributed by atoms with Crippen LogP contribution in [0.15, 0.2) is 97.1 Å². The molecule has 0 saturated heterocycles. The number of carbonyl (C=O) groups is 3. The van der Waals surface area contributed by atoms with E-state index in [2.05, 4.69) is 23.5 Å². The summed E-state index contributed by atoms with van der Waals surface area (Å²) >= 11 is 0. The fourth-order valence-electron chi connectivity index (χ4n) is 5.91. The second-order valence-electron chi connectivity index (χ2n) is 10.7. The average Bonchev–Trinajstić information content (AvgIpc) is 3.85. The highest BCUT2D eigenvalue weighted by molar-refractivity contribution is 5.94. The molecule has 0 radical (unpaired) electrons. The predicted octanol–water partition coefficient (Wildman–Crippen LogP) is 5.76. The second kappa shape index (κ2) is 11.4. The molecule has 2 unspecified atom stereocenters. The van der Waals surface area contributed by atoms with E-state index in [1.807, 2.05) is 77.7 Å². The van der Waals surface area contributed by atoms with E-state index in [1.54, 1.807) is 6.07 Å². The summed E-state index contributed by atoms with van der Waals surface area (Å²) < 4.78 is 4.93. The van der Waals surface area contributed by atoms with Crippen LogP contribution in [0.1, 0.15) is 55.3 Å². The van der Waals surface area contributed by atoms with Crippen molar-refractivity contribution in [3.05, 3.63) is 130 Å². The SMILES string of the molecule is COC(=O)c1cccc(-c2ccc(CNC(=O)C3CC3c3ccccc3)c3c2CCN(C(=O)c2ccccc2)C3)c1. The van der Waals surface area contributed by atoms with Crippen molar-refractivity contribution in [1.29, 1.82) is 0 Å².